The predicted molar refractivity (Wildman–Crippen MR) is 181 cm³/mol. The van der Waals surface area contributed by atoms with Gasteiger partial charge in [0.25, 0.3) is 0 Å². The fraction of sp³-hybridized carbons (Fsp3) is 0.103. The number of carbonyl (C=O) groups is 1. The van der Waals surface area contributed by atoms with E-state index in [1.54, 1.807) is 6.92 Å². The first-order valence-corrected chi connectivity index (χ1v) is 15.5. The number of tetrazole rings is 1. The number of benzene rings is 5. The Bertz CT molecular complexity index is 1990. The molecule has 0 aliphatic heterocycles. The van der Waals surface area contributed by atoms with Gasteiger partial charge in [-0.3, -0.25) is 0 Å². The third-order valence-electron chi connectivity index (χ3n) is 8.29. The summed E-state index contributed by atoms with van der Waals surface area (Å²) in [5.41, 5.74) is 6.59. The summed E-state index contributed by atoms with van der Waals surface area (Å²) in [6.45, 7) is 2.09. The van der Waals surface area contributed by atoms with Gasteiger partial charge in [0.1, 0.15) is 17.1 Å². The van der Waals surface area contributed by atoms with E-state index in [4.69, 9.17) is 9.95 Å². The van der Waals surface area contributed by atoms with Crippen LogP contribution < -0.4 is 0 Å². The highest BCUT2D eigenvalue weighted by Gasteiger charge is 2.42. The minimum Gasteiger partial charge on any atom is -0.461 e. The molecule has 0 aliphatic carbocycles. The van der Waals surface area contributed by atoms with E-state index >= 15 is 0 Å². The number of imidazole rings is 1. The van der Waals surface area contributed by atoms with Crippen molar-refractivity contribution in [2.24, 2.45) is 0 Å². The molecule has 0 amide bonds. The molecule has 0 unspecified atom stereocenters. The van der Waals surface area contributed by atoms with E-state index in [2.05, 4.69) is 129 Å². The van der Waals surface area contributed by atoms with Crippen LogP contribution in [0.15, 0.2) is 146 Å². The zero-order valence-corrected chi connectivity index (χ0v) is 25.8. The molecular weight excluding hydrogens is 584 g/mol. The molecule has 0 bridgehead atoms. The lowest BCUT2D eigenvalue weighted by Gasteiger charge is -2.36. The van der Waals surface area contributed by atoms with Gasteiger partial charge in [-0.1, -0.05) is 140 Å². The molecular formula is C39H32N6O2. The maximum absolute atomic E-state index is 12.1. The van der Waals surface area contributed by atoms with Gasteiger partial charge < -0.3 is 9.72 Å². The minimum absolute atomic E-state index is 0.314. The van der Waals surface area contributed by atoms with Crippen molar-refractivity contribution in [1.29, 1.82) is 0 Å². The van der Waals surface area contributed by atoms with Gasteiger partial charge in [0.05, 0.1) is 12.8 Å². The highest BCUT2D eigenvalue weighted by Crippen LogP contribution is 2.43. The molecule has 0 fully saturated rings. The Morgan fingerprint density at radius 3 is 1.85 bits per heavy atom. The number of rotatable bonds is 10. The first-order chi connectivity index (χ1) is 23.2. The average molecular weight is 617 g/mol. The van der Waals surface area contributed by atoms with Crippen LogP contribution in [-0.4, -0.2) is 42.8 Å². The number of H-pyrrole nitrogens is 1. The Kier molecular flexibility index (Phi) is 8.22. The Balaban J connectivity index is 1.32. The van der Waals surface area contributed by atoms with E-state index in [9.17, 15) is 4.79 Å². The Hall–Kier alpha value is -6.15. The molecule has 7 rings (SSSR count). The molecule has 7 aromatic rings. The quantitative estimate of drug-likeness (QED) is 0.128. The number of ether oxygens (including phenoxy) is 1. The van der Waals surface area contributed by atoms with E-state index in [1.807, 2.05) is 35.0 Å². The van der Waals surface area contributed by atoms with Crippen molar-refractivity contribution in [3.63, 3.8) is 0 Å². The lowest BCUT2D eigenvalue weighted by atomic mass is 9.77. The number of aromatic amines is 1. The Morgan fingerprint density at radius 1 is 0.723 bits per heavy atom. The lowest BCUT2D eigenvalue weighted by molar-refractivity contribution is 0.0520. The van der Waals surface area contributed by atoms with Gasteiger partial charge in [-0.2, -0.15) is 0 Å². The van der Waals surface area contributed by atoms with Gasteiger partial charge in [0, 0.05) is 12.0 Å². The van der Waals surface area contributed by atoms with Crippen LogP contribution in [0.5, 0.6) is 0 Å². The van der Waals surface area contributed by atoms with Crippen LogP contribution in [0.3, 0.4) is 0 Å². The fourth-order valence-corrected chi connectivity index (χ4v) is 6.18. The molecule has 2 heterocycles. The van der Waals surface area contributed by atoms with Gasteiger partial charge in [-0.05, 0) is 50.7 Å². The maximum atomic E-state index is 12.1. The van der Waals surface area contributed by atoms with Gasteiger partial charge in [-0.25, -0.2) is 14.5 Å². The van der Waals surface area contributed by atoms with Crippen LogP contribution in [0.1, 0.15) is 45.5 Å². The number of hydrogen-bond donors (Lipinski definition) is 1. The summed E-state index contributed by atoms with van der Waals surface area (Å²) >= 11 is 0. The van der Waals surface area contributed by atoms with Crippen molar-refractivity contribution >= 4 is 5.97 Å². The second kappa shape index (κ2) is 13.1. The topological polar surface area (TPSA) is 98.6 Å². The van der Waals surface area contributed by atoms with Crippen LogP contribution in [0.2, 0.25) is 0 Å². The van der Waals surface area contributed by atoms with E-state index < -0.39 is 11.5 Å². The highest BCUT2D eigenvalue weighted by molar-refractivity contribution is 5.87. The number of hydrogen-bond acceptors (Lipinski definition) is 6. The van der Waals surface area contributed by atoms with Gasteiger partial charge in [0.2, 0.25) is 0 Å². The second-order valence-electron chi connectivity index (χ2n) is 11.1. The predicted octanol–water partition coefficient (Wildman–Crippen LogP) is 7.34. The van der Waals surface area contributed by atoms with Crippen molar-refractivity contribution in [3.8, 4) is 22.5 Å². The van der Waals surface area contributed by atoms with Crippen LogP contribution in [0, 0.1) is 0 Å². The lowest BCUT2D eigenvalue weighted by Crippen LogP contribution is -2.39. The SMILES string of the molecule is CCOC(=O)c1cnc(Cc2ccc(-c3ccccc3-c3nnnn3C(c3ccccc3)(c3ccccc3)c3ccccc3)cc2)[nH]1. The molecule has 2 aromatic heterocycles. The number of carbonyl (C=O) groups excluding carboxylic acids is 1. The van der Waals surface area contributed by atoms with Crippen molar-refractivity contribution in [3.05, 3.63) is 179 Å². The van der Waals surface area contributed by atoms with E-state index in [0.717, 1.165) is 38.9 Å². The molecule has 0 saturated heterocycles. The Morgan fingerprint density at radius 2 is 1.28 bits per heavy atom. The summed E-state index contributed by atoms with van der Waals surface area (Å²) in [6.07, 6.45) is 2.07. The monoisotopic (exact) mass is 616 g/mol. The molecule has 230 valence electrons. The van der Waals surface area contributed by atoms with Crippen molar-refractivity contribution in [1.82, 2.24) is 30.2 Å². The number of esters is 1. The van der Waals surface area contributed by atoms with Crippen LogP contribution in [0.4, 0.5) is 0 Å². The normalized spacial score (nSPS) is 11.3. The van der Waals surface area contributed by atoms with Gasteiger partial charge >= 0.3 is 5.97 Å². The summed E-state index contributed by atoms with van der Waals surface area (Å²) in [4.78, 5) is 19.5. The first kappa shape index (κ1) is 29.6. The fourth-order valence-electron chi connectivity index (χ4n) is 6.18. The minimum atomic E-state index is -0.856. The first-order valence-electron chi connectivity index (χ1n) is 15.5. The standard InChI is InChI=1S/C39H32N6O2/c1-2-47-38(46)35-27-40-36(41-35)26-28-22-24-29(25-23-28)33-20-12-13-21-34(33)37-42-43-44-45(37)39(30-14-6-3-7-15-30,31-16-8-4-9-17-31)32-18-10-5-11-19-32/h3-25,27H,2,26H2,1H3,(H,40,41). The largest absolute Gasteiger partial charge is 0.461 e. The Labute approximate surface area is 272 Å². The summed E-state index contributed by atoms with van der Waals surface area (Å²) in [7, 11) is 0. The summed E-state index contributed by atoms with van der Waals surface area (Å²) < 4.78 is 7.03. The molecule has 5 aromatic carbocycles. The zero-order chi connectivity index (χ0) is 32.1. The summed E-state index contributed by atoms with van der Waals surface area (Å²) in [6, 6.07) is 47.7. The van der Waals surface area contributed by atoms with Crippen LogP contribution in [0.25, 0.3) is 22.5 Å². The molecule has 8 nitrogen and oxygen atoms in total. The van der Waals surface area contributed by atoms with E-state index in [-0.39, 0.29) is 0 Å². The molecule has 0 spiro atoms. The molecule has 0 radical (unpaired) electrons. The number of nitrogens with one attached hydrogen (secondary N) is 1. The van der Waals surface area contributed by atoms with Crippen molar-refractivity contribution in [2.45, 2.75) is 18.9 Å². The number of aromatic nitrogens is 6. The summed E-state index contributed by atoms with van der Waals surface area (Å²) in [5.74, 6) is 0.930. The zero-order valence-electron chi connectivity index (χ0n) is 25.8. The third kappa shape index (κ3) is 5.61. The summed E-state index contributed by atoms with van der Waals surface area (Å²) in [5, 5.41) is 13.7. The molecule has 1 N–H and O–H groups in total. The van der Waals surface area contributed by atoms with Crippen molar-refractivity contribution in [2.75, 3.05) is 6.61 Å². The molecule has 0 saturated carbocycles. The number of nitrogens with zero attached hydrogens (tertiary/aromatic N) is 5. The van der Waals surface area contributed by atoms with E-state index in [1.165, 1.54) is 6.20 Å². The molecule has 8 heteroatoms. The van der Waals surface area contributed by atoms with Gasteiger partial charge in [-0.15, -0.1) is 5.10 Å². The van der Waals surface area contributed by atoms with Crippen LogP contribution >= 0.6 is 0 Å². The third-order valence-corrected chi connectivity index (χ3v) is 8.29. The second-order valence-corrected chi connectivity index (χ2v) is 11.1. The van der Waals surface area contributed by atoms with E-state index in [0.29, 0.717) is 30.4 Å². The van der Waals surface area contributed by atoms with Crippen LogP contribution in [-0.2, 0) is 16.7 Å². The molecule has 0 atom stereocenters. The average Bonchev–Trinajstić information content (AvgIpc) is 3.82. The molecule has 0 aliphatic rings. The van der Waals surface area contributed by atoms with Gasteiger partial charge in [0.15, 0.2) is 5.82 Å². The highest BCUT2D eigenvalue weighted by atomic mass is 16.5. The molecule has 47 heavy (non-hydrogen) atoms. The smallest absolute Gasteiger partial charge is 0.356 e. The maximum Gasteiger partial charge on any atom is 0.356 e. The van der Waals surface area contributed by atoms with Crippen molar-refractivity contribution < 1.29 is 9.53 Å².